The Hall–Kier alpha value is -3.39. The Morgan fingerprint density at radius 2 is 1.91 bits per heavy atom. The molecule has 1 aliphatic rings. The number of aryl methyl sites for hydroxylation is 1. The van der Waals surface area contributed by atoms with Crippen LogP contribution in [0.2, 0.25) is 0 Å². The molecule has 0 radical (unpaired) electrons. The van der Waals surface area contributed by atoms with E-state index in [-0.39, 0.29) is 11.8 Å². The summed E-state index contributed by atoms with van der Waals surface area (Å²) in [6.45, 7) is 2.05. The molecule has 1 atom stereocenters. The molecule has 0 saturated heterocycles. The lowest BCUT2D eigenvalue weighted by molar-refractivity contribution is -0.122. The summed E-state index contributed by atoms with van der Waals surface area (Å²) in [6.07, 6.45) is 6.53. The molecule has 1 aliphatic carbocycles. The van der Waals surface area contributed by atoms with Crippen molar-refractivity contribution in [3.05, 3.63) is 70.4 Å². The highest BCUT2D eigenvalue weighted by molar-refractivity contribution is 7.17. The van der Waals surface area contributed by atoms with E-state index < -0.39 is 6.10 Å². The summed E-state index contributed by atoms with van der Waals surface area (Å²) in [6, 6.07) is 10.9. The molecule has 8 heteroatoms. The van der Waals surface area contributed by atoms with Gasteiger partial charge in [0.2, 0.25) is 0 Å². The van der Waals surface area contributed by atoms with Gasteiger partial charge in [0.25, 0.3) is 11.8 Å². The van der Waals surface area contributed by atoms with Crippen LogP contribution in [0.3, 0.4) is 0 Å². The van der Waals surface area contributed by atoms with E-state index >= 15 is 0 Å². The van der Waals surface area contributed by atoms with Gasteiger partial charge in [0.15, 0.2) is 17.6 Å². The Bertz CT molecular complexity index is 1130. The molecule has 0 bridgehead atoms. The summed E-state index contributed by atoms with van der Waals surface area (Å²) in [7, 11) is 1.56. The third kappa shape index (κ3) is 5.34. The Morgan fingerprint density at radius 3 is 2.67 bits per heavy atom. The van der Waals surface area contributed by atoms with Gasteiger partial charge in [-0.2, -0.15) is 0 Å². The lowest BCUT2D eigenvalue weighted by Crippen LogP contribution is -2.31. The molecule has 1 aromatic carbocycles. The van der Waals surface area contributed by atoms with Crippen LogP contribution in [0.1, 0.15) is 46.1 Å². The fourth-order valence-corrected chi connectivity index (χ4v) is 5.13. The first kappa shape index (κ1) is 22.8. The van der Waals surface area contributed by atoms with E-state index in [2.05, 4.69) is 15.6 Å². The quantitative estimate of drug-likeness (QED) is 0.516. The van der Waals surface area contributed by atoms with Crippen molar-refractivity contribution in [2.24, 2.45) is 0 Å². The minimum absolute atomic E-state index is 0.188. The van der Waals surface area contributed by atoms with Crippen molar-refractivity contribution in [1.29, 1.82) is 0 Å². The SMILES string of the molecule is COc1ccccc1OC(C)C(=O)Nc1sc2c(c1C(=O)NCc1cccnc1)CCCC2. The van der Waals surface area contributed by atoms with Gasteiger partial charge in [0.05, 0.1) is 12.7 Å². The number of amides is 2. The van der Waals surface area contributed by atoms with E-state index in [9.17, 15) is 9.59 Å². The minimum atomic E-state index is -0.772. The van der Waals surface area contributed by atoms with Crippen LogP contribution in [0.15, 0.2) is 48.8 Å². The van der Waals surface area contributed by atoms with Gasteiger partial charge in [0, 0.05) is 23.8 Å². The van der Waals surface area contributed by atoms with Gasteiger partial charge in [-0.25, -0.2) is 0 Å². The van der Waals surface area contributed by atoms with Crippen LogP contribution in [0.5, 0.6) is 11.5 Å². The van der Waals surface area contributed by atoms with Gasteiger partial charge < -0.3 is 20.1 Å². The first-order valence-electron chi connectivity index (χ1n) is 11.0. The van der Waals surface area contributed by atoms with Crippen LogP contribution in [0, 0.1) is 0 Å². The van der Waals surface area contributed by atoms with E-state index in [1.807, 2.05) is 24.3 Å². The summed E-state index contributed by atoms with van der Waals surface area (Å²) in [4.78, 5) is 31.4. The molecule has 7 nitrogen and oxygen atoms in total. The number of hydrogen-bond acceptors (Lipinski definition) is 6. The second kappa shape index (κ2) is 10.5. The summed E-state index contributed by atoms with van der Waals surface area (Å²) >= 11 is 1.49. The van der Waals surface area contributed by atoms with E-state index in [4.69, 9.17) is 9.47 Å². The maximum absolute atomic E-state index is 13.2. The average molecular weight is 466 g/mol. The second-order valence-electron chi connectivity index (χ2n) is 7.86. The van der Waals surface area contributed by atoms with E-state index in [0.717, 1.165) is 36.8 Å². The molecule has 0 aliphatic heterocycles. The van der Waals surface area contributed by atoms with Crippen LogP contribution in [0.4, 0.5) is 5.00 Å². The number of carbonyl (C=O) groups is 2. The zero-order chi connectivity index (χ0) is 23.2. The molecule has 172 valence electrons. The van der Waals surface area contributed by atoms with Crippen molar-refractivity contribution >= 4 is 28.2 Å². The number of fused-ring (bicyclic) bond motifs is 1. The van der Waals surface area contributed by atoms with E-state index in [0.29, 0.717) is 28.6 Å². The first-order valence-corrected chi connectivity index (χ1v) is 11.8. The highest BCUT2D eigenvalue weighted by Gasteiger charge is 2.28. The monoisotopic (exact) mass is 465 g/mol. The van der Waals surface area contributed by atoms with Gasteiger partial charge >= 0.3 is 0 Å². The van der Waals surface area contributed by atoms with Crippen molar-refractivity contribution in [2.75, 3.05) is 12.4 Å². The number of pyridine rings is 1. The van der Waals surface area contributed by atoms with Crippen LogP contribution >= 0.6 is 11.3 Å². The number of thiophene rings is 1. The van der Waals surface area contributed by atoms with Crippen LogP contribution in [-0.4, -0.2) is 30.0 Å². The normalized spacial score (nSPS) is 13.5. The molecule has 0 saturated carbocycles. The molecular weight excluding hydrogens is 438 g/mol. The summed E-state index contributed by atoms with van der Waals surface area (Å²) in [5.74, 6) is 0.537. The Balaban J connectivity index is 1.51. The average Bonchev–Trinajstić information content (AvgIpc) is 3.21. The molecule has 2 N–H and O–H groups in total. The zero-order valence-corrected chi connectivity index (χ0v) is 19.5. The smallest absolute Gasteiger partial charge is 0.265 e. The fourth-order valence-electron chi connectivity index (χ4n) is 3.84. The van der Waals surface area contributed by atoms with Crippen LogP contribution in [0.25, 0.3) is 0 Å². The van der Waals surface area contributed by atoms with Gasteiger partial charge in [0.1, 0.15) is 5.00 Å². The predicted molar refractivity (Wildman–Crippen MR) is 128 cm³/mol. The highest BCUT2D eigenvalue weighted by atomic mass is 32.1. The number of nitrogens with one attached hydrogen (secondary N) is 2. The van der Waals surface area contributed by atoms with Gasteiger partial charge in [-0.3, -0.25) is 14.6 Å². The number of para-hydroxylation sites is 2. The maximum atomic E-state index is 13.2. The first-order chi connectivity index (χ1) is 16.1. The van der Waals surface area contributed by atoms with Gasteiger partial charge in [-0.15, -0.1) is 11.3 Å². The lowest BCUT2D eigenvalue weighted by atomic mass is 9.95. The molecule has 4 rings (SSSR count). The van der Waals surface area contributed by atoms with E-state index in [1.165, 1.54) is 16.2 Å². The van der Waals surface area contributed by atoms with Crippen molar-refractivity contribution in [3.8, 4) is 11.5 Å². The van der Waals surface area contributed by atoms with Crippen molar-refractivity contribution < 1.29 is 19.1 Å². The minimum Gasteiger partial charge on any atom is -0.493 e. The summed E-state index contributed by atoms with van der Waals surface area (Å²) in [5.41, 5.74) is 2.53. The number of rotatable bonds is 8. The number of anilines is 1. The fraction of sp³-hybridized carbons (Fsp3) is 0.320. The third-order valence-electron chi connectivity index (χ3n) is 5.55. The molecule has 2 heterocycles. The number of nitrogens with zero attached hydrogens (tertiary/aromatic N) is 1. The predicted octanol–water partition coefficient (Wildman–Crippen LogP) is 4.37. The number of aromatic nitrogens is 1. The Morgan fingerprint density at radius 1 is 1.12 bits per heavy atom. The number of methoxy groups -OCH3 is 1. The molecule has 33 heavy (non-hydrogen) atoms. The standard InChI is InChI=1S/C25H27N3O4S/c1-16(32-20-11-5-4-10-19(20)31-2)23(29)28-25-22(18-9-3-6-12-21(18)33-25)24(30)27-15-17-8-7-13-26-14-17/h4-5,7-8,10-11,13-14,16H,3,6,9,12,15H2,1-2H3,(H,27,30)(H,28,29). The summed E-state index contributed by atoms with van der Waals surface area (Å²) < 4.78 is 11.1. The Labute approximate surface area is 197 Å². The molecule has 3 aromatic rings. The number of carbonyl (C=O) groups excluding carboxylic acids is 2. The third-order valence-corrected chi connectivity index (χ3v) is 6.76. The van der Waals surface area contributed by atoms with Crippen LogP contribution < -0.4 is 20.1 Å². The maximum Gasteiger partial charge on any atom is 0.265 e. The van der Waals surface area contributed by atoms with Crippen molar-refractivity contribution in [2.45, 2.75) is 45.3 Å². The van der Waals surface area contributed by atoms with E-state index in [1.54, 1.807) is 38.6 Å². The molecular formula is C25H27N3O4S. The molecule has 0 fully saturated rings. The lowest BCUT2D eigenvalue weighted by Gasteiger charge is -2.17. The molecule has 2 aromatic heterocycles. The summed E-state index contributed by atoms with van der Waals surface area (Å²) in [5, 5.41) is 6.50. The van der Waals surface area contributed by atoms with Crippen LogP contribution in [-0.2, 0) is 24.2 Å². The largest absolute Gasteiger partial charge is 0.493 e. The molecule has 1 unspecified atom stereocenters. The molecule has 0 spiro atoms. The van der Waals surface area contributed by atoms with Crippen molar-refractivity contribution in [3.63, 3.8) is 0 Å². The highest BCUT2D eigenvalue weighted by Crippen LogP contribution is 2.38. The number of ether oxygens (including phenoxy) is 2. The number of hydrogen-bond donors (Lipinski definition) is 2. The Kier molecular flexibility index (Phi) is 7.24. The number of benzene rings is 1. The van der Waals surface area contributed by atoms with Crippen molar-refractivity contribution in [1.82, 2.24) is 10.3 Å². The zero-order valence-electron chi connectivity index (χ0n) is 18.7. The van der Waals surface area contributed by atoms with Gasteiger partial charge in [-0.05, 0) is 61.9 Å². The van der Waals surface area contributed by atoms with Gasteiger partial charge in [-0.1, -0.05) is 18.2 Å². The topological polar surface area (TPSA) is 89.5 Å². The second-order valence-corrected chi connectivity index (χ2v) is 8.96. The molecule has 2 amide bonds.